The first-order valence-corrected chi connectivity index (χ1v) is 9.94. The molecule has 1 aromatic carbocycles. The molecule has 0 bridgehead atoms. The number of aromatic nitrogens is 2. The summed E-state index contributed by atoms with van der Waals surface area (Å²) in [6.45, 7) is 6.32. The molecule has 3 aromatic rings. The minimum Gasteiger partial charge on any atom is -0.477 e. The molecule has 1 fully saturated rings. The van der Waals surface area contributed by atoms with Gasteiger partial charge in [-0.1, -0.05) is 6.92 Å². The van der Waals surface area contributed by atoms with E-state index in [1.165, 1.54) is 36.2 Å². The van der Waals surface area contributed by atoms with Crippen LogP contribution in [0.15, 0.2) is 30.6 Å². The molecular formula is C20H22N4O2S. The number of hydrogen-bond donors (Lipinski definition) is 2. The van der Waals surface area contributed by atoms with E-state index in [-0.39, 0.29) is 0 Å². The van der Waals surface area contributed by atoms with Gasteiger partial charge in [0.1, 0.15) is 21.9 Å². The number of nitrogens with zero attached hydrogens (tertiary/aromatic N) is 3. The Hall–Kier alpha value is -2.67. The summed E-state index contributed by atoms with van der Waals surface area (Å²) in [5, 5.41) is 13.4. The third-order valence-corrected chi connectivity index (χ3v) is 6.39. The van der Waals surface area contributed by atoms with Gasteiger partial charge in [-0.3, -0.25) is 0 Å². The molecule has 1 aliphatic heterocycles. The van der Waals surface area contributed by atoms with Crippen LogP contribution in [0.5, 0.6) is 0 Å². The number of piperidine rings is 1. The van der Waals surface area contributed by atoms with Gasteiger partial charge in [0.2, 0.25) is 0 Å². The quantitative estimate of drug-likeness (QED) is 0.682. The molecule has 1 aliphatic rings. The lowest BCUT2D eigenvalue weighted by Crippen LogP contribution is -2.32. The van der Waals surface area contributed by atoms with Crippen molar-refractivity contribution in [2.24, 2.45) is 5.92 Å². The van der Waals surface area contributed by atoms with E-state index in [4.69, 9.17) is 0 Å². The van der Waals surface area contributed by atoms with Gasteiger partial charge in [-0.25, -0.2) is 14.8 Å². The monoisotopic (exact) mass is 382 g/mol. The molecule has 140 valence electrons. The predicted molar refractivity (Wildman–Crippen MR) is 109 cm³/mol. The highest BCUT2D eigenvalue weighted by atomic mass is 32.1. The molecule has 0 atom stereocenters. The van der Waals surface area contributed by atoms with E-state index in [2.05, 4.69) is 39.2 Å². The highest BCUT2D eigenvalue weighted by molar-refractivity contribution is 7.20. The lowest BCUT2D eigenvalue weighted by atomic mass is 9.99. The number of benzene rings is 1. The fourth-order valence-electron chi connectivity index (χ4n) is 3.53. The fourth-order valence-corrected chi connectivity index (χ4v) is 4.52. The number of rotatable bonds is 4. The number of carbonyl (C=O) groups is 1. The molecule has 0 unspecified atom stereocenters. The zero-order valence-electron chi connectivity index (χ0n) is 15.4. The SMILES string of the molecule is Cc1c(C(=O)O)sc2ncnc(Nc3ccc(N4CCC(C)CC4)cc3)c12. The van der Waals surface area contributed by atoms with Gasteiger partial charge in [-0.15, -0.1) is 11.3 Å². The first-order chi connectivity index (χ1) is 13.0. The third kappa shape index (κ3) is 3.47. The zero-order valence-corrected chi connectivity index (χ0v) is 16.2. The summed E-state index contributed by atoms with van der Waals surface area (Å²) in [6, 6.07) is 8.34. The van der Waals surface area contributed by atoms with Crippen LogP contribution in [0, 0.1) is 12.8 Å². The highest BCUT2D eigenvalue weighted by Crippen LogP contribution is 2.34. The molecule has 1 saturated heterocycles. The van der Waals surface area contributed by atoms with Crippen molar-refractivity contribution in [3.8, 4) is 0 Å². The molecule has 6 nitrogen and oxygen atoms in total. The number of aromatic carboxylic acids is 1. The van der Waals surface area contributed by atoms with Crippen LogP contribution >= 0.6 is 11.3 Å². The Kier molecular flexibility index (Phi) is 4.70. The molecule has 0 spiro atoms. The van der Waals surface area contributed by atoms with Gasteiger partial charge in [0.05, 0.1) is 5.39 Å². The van der Waals surface area contributed by atoms with E-state index < -0.39 is 5.97 Å². The Bertz CT molecular complexity index is 976. The molecule has 2 N–H and O–H groups in total. The molecule has 4 rings (SSSR count). The molecule has 0 amide bonds. The Morgan fingerprint density at radius 2 is 1.93 bits per heavy atom. The van der Waals surface area contributed by atoms with Gasteiger partial charge < -0.3 is 15.3 Å². The molecular weight excluding hydrogens is 360 g/mol. The van der Waals surface area contributed by atoms with Gasteiger partial charge in [0.15, 0.2) is 0 Å². The summed E-state index contributed by atoms with van der Waals surface area (Å²) in [7, 11) is 0. The summed E-state index contributed by atoms with van der Waals surface area (Å²) >= 11 is 1.18. The van der Waals surface area contributed by atoms with E-state index in [0.717, 1.165) is 30.1 Å². The fraction of sp³-hybridized carbons (Fsp3) is 0.350. The second-order valence-electron chi connectivity index (χ2n) is 7.11. The van der Waals surface area contributed by atoms with Crippen molar-refractivity contribution in [3.63, 3.8) is 0 Å². The van der Waals surface area contributed by atoms with Crippen molar-refractivity contribution in [2.45, 2.75) is 26.7 Å². The molecule has 0 saturated carbocycles. The number of hydrogen-bond acceptors (Lipinski definition) is 6. The maximum absolute atomic E-state index is 11.4. The van der Waals surface area contributed by atoms with E-state index in [1.54, 1.807) is 6.92 Å². The number of thiophene rings is 1. The van der Waals surface area contributed by atoms with Crippen molar-refractivity contribution in [2.75, 3.05) is 23.3 Å². The molecule has 3 heterocycles. The van der Waals surface area contributed by atoms with Crippen molar-refractivity contribution in [3.05, 3.63) is 41.0 Å². The van der Waals surface area contributed by atoms with Gasteiger partial charge in [-0.05, 0) is 55.5 Å². The van der Waals surface area contributed by atoms with E-state index in [9.17, 15) is 9.90 Å². The smallest absolute Gasteiger partial charge is 0.346 e. The average molecular weight is 382 g/mol. The van der Waals surface area contributed by atoms with E-state index in [0.29, 0.717) is 21.1 Å². The van der Waals surface area contributed by atoms with Crippen LogP contribution in [0.3, 0.4) is 0 Å². The molecule has 0 radical (unpaired) electrons. The minimum absolute atomic E-state index is 0.309. The summed E-state index contributed by atoms with van der Waals surface area (Å²) in [6.07, 6.45) is 3.94. The summed E-state index contributed by atoms with van der Waals surface area (Å²) in [5.41, 5.74) is 2.86. The number of aryl methyl sites for hydroxylation is 1. The molecule has 2 aromatic heterocycles. The Labute approximate surface area is 161 Å². The average Bonchev–Trinajstić information content (AvgIpc) is 3.01. The van der Waals surface area contributed by atoms with Crippen LogP contribution in [0.2, 0.25) is 0 Å². The van der Waals surface area contributed by atoms with E-state index in [1.807, 2.05) is 12.1 Å². The highest BCUT2D eigenvalue weighted by Gasteiger charge is 2.19. The van der Waals surface area contributed by atoms with E-state index >= 15 is 0 Å². The predicted octanol–water partition coefficient (Wildman–Crippen LogP) is 4.68. The van der Waals surface area contributed by atoms with Gasteiger partial charge >= 0.3 is 5.97 Å². The first kappa shape index (κ1) is 17.7. The summed E-state index contributed by atoms with van der Waals surface area (Å²) in [4.78, 5) is 23.4. The lowest BCUT2D eigenvalue weighted by Gasteiger charge is -2.32. The van der Waals surface area contributed by atoms with Crippen LogP contribution in [0.1, 0.15) is 35.0 Å². The Morgan fingerprint density at radius 1 is 1.22 bits per heavy atom. The minimum atomic E-state index is -0.929. The maximum atomic E-state index is 11.4. The molecule has 7 heteroatoms. The summed E-state index contributed by atoms with van der Waals surface area (Å²) in [5.74, 6) is 0.523. The second-order valence-corrected chi connectivity index (χ2v) is 8.10. The van der Waals surface area contributed by atoms with Crippen LogP contribution in [-0.2, 0) is 0 Å². The topological polar surface area (TPSA) is 78.3 Å². The first-order valence-electron chi connectivity index (χ1n) is 9.12. The van der Waals surface area contributed by atoms with Crippen molar-refractivity contribution >= 4 is 44.7 Å². The number of carboxylic acids is 1. The molecule has 0 aliphatic carbocycles. The summed E-state index contributed by atoms with van der Waals surface area (Å²) < 4.78 is 0. The van der Waals surface area contributed by atoms with Crippen LogP contribution < -0.4 is 10.2 Å². The van der Waals surface area contributed by atoms with Crippen molar-refractivity contribution in [1.82, 2.24) is 9.97 Å². The largest absolute Gasteiger partial charge is 0.477 e. The lowest BCUT2D eigenvalue weighted by molar-refractivity contribution is 0.0701. The van der Waals surface area contributed by atoms with Gasteiger partial charge in [-0.2, -0.15) is 0 Å². The third-order valence-electron chi connectivity index (χ3n) is 5.20. The maximum Gasteiger partial charge on any atom is 0.346 e. The number of carboxylic acid groups (broad SMARTS) is 1. The number of nitrogens with one attached hydrogen (secondary N) is 1. The normalized spacial score (nSPS) is 15.3. The number of anilines is 3. The Balaban J connectivity index is 1.58. The van der Waals surface area contributed by atoms with Gasteiger partial charge in [0, 0.05) is 24.5 Å². The van der Waals surface area contributed by atoms with Crippen LogP contribution in [0.25, 0.3) is 10.2 Å². The van der Waals surface area contributed by atoms with Gasteiger partial charge in [0.25, 0.3) is 0 Å². The van der Waals surface area contributed by atoms with Crippen LogP contribution in [0.4, 0.5) is 17.2 Å². The van der Waals surface area contributed by atoms with Crippen molar-refractivity contribution < 1.29 is 9.90 Å². The van der Waals surface area contributed by atoms with Crippen molar-refractivity contribution in [1.29, 1.82) is 0 Å². The Morgan fingerprint density at radius 3 is 2.59 bits per heavy atom. The number of fused-ring (bicyclic) bond motifs is 1. The second kappa shape index (κ2) is 7.15. The molecule has 27 heavy (non-hydrogen) atoms. The van der Waals surface area contributed by atoms with Crippen LogP contribution in [-0.4, -0.2) is 34.1 Å². The zero-order chi connectivity index (χ0) is 19.0. The standard InChI is InChI=1S/C20H22N4O2S/c1-12-7-9-24(10-8-12)15-5-3-14(4-6-15)23-18-16-13(2)17(20(25)26)27-19(16)22-11-21-18/h3-6,11-12H,7-10H2,1-2H3,(H,25,26)(H,21,22,23).